The summed E-state index contributed by atoms with van der Waals surface area (Å²) in [6.07, 6.45) is 3.67. The predicted octanol–water partition coefficient (Wildman–Crippen LogP) is 4.08. The molecule has 1 nitrogen and oxygen atoms in total. The van der Waals surface area contributed by atoms with Gasteiger partial charge in [-0.15, -0.1) is 0 Å². The van der Waals surface area contributed by atoms with Gasteiger partial charge in [0.25, 0.3) is 0 Å². The fourth-order valence-electron chi connectivity index (χ4n) is 1.36. The summed E-state index contributed by atoms with van der Waals surface area (Å²) < 4.78 is 0. The number of aromatic nitrogens is 1. The first kappa shape index (κ1) is 11.4. The van der Waals surface area contributed by atoms with Gasteiger partial charge in [-0.25, -0.2) is 0 Å². The van der Waals surface area contributed by atoms with Crippen molar-refractivity contribution in [2.45, 2.75) is 20.8 Å². The van der Waals surface area contributed by atoms with Crippen molar-refractivity contribution in [3.8, 4) is 11.1 Å². The van der Waals surface area contributed by atoms with Crippen molar-refractivity contribution >= 4 is 0 Å². The topological polar surface area (TPSA) is 12.9 Å². The minimum absolute atomic E-state index is 1.17. The van der Waals surface area contributed by atoms with Gasteiger partial charge < -0.3 is 0 Å². The van der Waals surface area contributed by atoms with Crippen molar-refractivity contribution in [1.29, 1.82) is 0 Å². The van der Waals surface area contributed by atoms with E-state index in [4.69, 9.17) is 0 Å². The molecule has 1 heterocycles. The van der Waals surface area contributed by atoms with Crippen LogP contribution in [0.2, 0.25) is 0 Å². The van der Waals surface area contributed by atoms with Crippen molar-refractivity contribution in [3.63, 3.8) is 0 Å². The third-order valence-corrected chi connectivity index (χ3v) is 2.01. The van der Waals surface area contributed by atoms with Gasteiger partial charge in [0.05, 0.1) is 0 Å². The summed E-state index contributed by atoms with van der Waals surface area (Å²) in [7, 11) is 0. The van der Waals surface area contributed by atoms with Crippen LogP contribution >= 0.6 is 0 Å². The molecule has 1 aromatic carbocycles. The standard InChI is InChI=1S/C12H11N.C2H6/c1-10-4-2-5-11(8-10)12-6-3-7-13-9-12;1-2/h2-9H,1H3;1-2H3. The van der Waals surface area contributed by atoms with Gasteiger partial charge >= 0.3 is 0 Å². The summed E-state index contributed by atoms with van der Waals surface area (Å²) in [6.45, 7) is 6.10. The van der Waals surface area contributed by atoms with E-state index in [0.29, 0.717) is 0 Å². The first-order valence-electron chi connectivity index (χ1n) is 5.33. The zero-order chi connectivity index (χ0) is 11.1. The molecule has 0 spiro atoms. The van der Waals surface area contributed by atoms with Crippen LogP contribution in [0, 0.1) is 6.92 Å². The quantitative estimate of drug-likeness (QED) is 0.674. The summed E-state index contributed by atoms with van der Waals surface area (Å²) in [5.74, 6) is 0. The van der Waals surface area contributed by atoms with E-state index in [0.717, 1.165) is 0 Å². The van der Waals surface area contributed by atoms with Crippen LogP contribution in [0.15, 0.2) is 48.8 Å². The molecule has 0 amide bonds. The van der Waals surface area contributed by atoms with Gasteiger partial charge in [-0.3, -0.25) is 4.98 Å². The van der Waals surface area contributed by atoms with E-state index in [9.17, 15) is 0 Å². The Morgan fingerprint density at radius 3 is 2.27 bits per heavy atom. The lowest BCUT2D eigenvalue weighted by Crippen LogP contribution is -1.79. The lowest BCUT2D eigenvalue weighted by atomic mass is 10.1. The fraction of sp³-hybridized carbons (Fsp3) is 0.214. The van der Waals surface area contributed by atoms with Crippen LogP contribution < -0.4 is 0 Å². The van der Waals surface area contributed by atoms with Gasteiger partial charge in [0, 0.05) is 12.4 Å². The second-order valence-corrected chi connectivity index (χ2v) is 3.11. The van der Waals surface area contributed by atoms with Gasteiger partial charge in [0.2, 0.25) is 0 Å². The highest BCUT2D eigenvalue weighted by molar-refractivity contribution is 5.62. The lowest BCUT2D eigenvalue weighted by molar-refractivity contribution is 1.33. The highest BCUT2D eigenvalue weighted by atomic mass is 14.6. The molecule has 0 radical (unpaired) electrons. The summed E-state index contributed by atoms with van der Waals surface area (Å²) in [6, 6.07) is 12.5. The molecule has 0 fully saturated rings. The maximum absolute atomic E-state index is 4.09. The van der Waals surface area contributed by atoms with Crippen LogP contribution in [0.25, 0.3) is 11.1 Å². The van der Waals surface area contributed by atoms with E-state index >= 15 is 0 Å². The van der Waals surface area contributed by atoms with Crippen molar-refractivity contribution in [1.82, 2.24) is 4.98 Å². The molecule has 0 saturated carbocycles. The van der Waals surface area contributed by atoms with E-state index in [1.165, 1.54) is 16.7 Å². The Hall–Kier alpha value is -1.63. The van der Waals surface area contributed by atoms with Gasteiger partial charge in [0.1, 0.15) is 0 Å². The molecule has 78 valence electrons. The Morgan fingerprint density at radius 2 is 1.67 bits per heavy atom. The fourth-order valence-corrected chi connectivity index (χ4v) is 1.36. The van der Waals surface area contributed by atoms with E-state index in [1.807, 2.05) is 26.1 Å². The first-order chi connectivity index (χ1) is 7.36. The largest absolute Gasteiger partial charge is 0.264 e. The number of nitrogens with zero attached hydrogens (tertiary/aromatic N) is 1. The van der Waals surface area contributed by atoms with Gasteiger partial charge in [-0.2, -0.15) is 0 Å². The lowest BCUT2D eigenvalue weighted by Gasteiger charge is -2.00. The number of aryl methyl sites for hydroxylation is 1. The Kier molecular flexibility index (Phi) is 4.55. The maximum atomic E-state index is 4.09. The molecule has 1 heteroatoms. The molecule has 15 heavy (non-hydrogen) atoms. The molecule has 0 bridgehead atoms. The summed E-state index contributed by atoms with van der Waals surface area (Å²) in [5, 5.41) is 0. The zero-order valence-electron chi connectivity index (χ0n) is 9.57. The minimum atomic E-state index is 1.17. The molecular formula is C14H17N. The number of benzene rings is 1. The molecule has 2 rings (SSSR count). The normalized spacial score (nSPS) is 9.00. The number of pyridine rings is 1. The smallest absolute Gasteiger partial charge is 0.0346 e. The zero-order valence-corrected chi connectivity index (χ0v) is 9.57. The highest BCUT2D eigenvalue weighted by Gasteiger charge is 1.95. The monoisotopic (exact) mass is 199 g/mol. The first-order valence-corrected chi connectivity index (χ1v) is 5.33. The summed E-state index contributed by atoms with van der Waals surface area (Å²) in [4.78, 5) is 4.09. The van der Waals surface area contributed by atoms with Crippen molar-refractivity contribution in [3.05, 3.63) is 54.4 Å². The average Bonchev–Trinajstić information content (AvgIpc) is 2.33. The molecule has 0 aliphatic carbocycles. The molecule has 0 aliphatic heterocycles. The van der Waals surface area contributed by atoms with Crippen LogP contribution in [0.3, 0.4) is 0 Å². The Balaban J connectivity index is 0.000000531. The molecular weight excluding hydrogens is 182 g/mol. The van der Waals surface area contributed by atoms with Crippen molar-refractivity contribution < 1.29 is 0 Å². The van der Waals surface area contributed by atoms with E-state index < -0.39 is 0 Å². The number of rotatable bonds is 1. The summed E-state index contributed by atoms with van der Waals surface area (Å²) in [5.41, 5.74) is 3.68. The van der Waals surface area contributed by atoms with Crippen LogP contribution in [0.5, 0.6) is 0 Å². The summed E-state index contributed by atoms with van der Waals surface area (Å²) >= 11 is 0. The molecule has 2 aromatic rings. The average molecular weight is 199 g/mol. The predicted molar refractivity (Wildman–Crippen MR) is 65.8 cm³/mol. The SMILES string of the molecule is CC.Cc1cccc(-c2cccnc2)c1. The number of hydrogen-bond donors (Lipinski definition) is 0. The Morgan fingerprint density at radius 1 is 0.933 bits per heavy atom. The second-order valence-electron chi connectivity index (χ2n) is 3.11. The van der Waals surface area contributed by atoms with Crippen LogP contribution in [-0.2, 0) is 0 Å². The Labute approximate surface area is 91.8 Å². The van der Waals surface area contributed by atoms with Crippen molar-refractivity contribution in [2.24, 2.45) is 0 Å². The third kappa shape index (κ3) is 3.21. The van der Waals surface area contributed by atoms with Crippen molar-refractivity contribution in [2.75, 3.05) is 0 Å². The van der Waals surface area contributed by atoms with E-state index in [2.05, 4.69) is 42.2 Å². The maximum Gasteiger partial charge on any atom is 0.0346 e. The molecule has 0 saturated heterocycles. The van der Waals surface area contributed by atoms with Gasteiger partial charge in [-0.05, 0) is 24.1 Å². The minimum Gasteiger partial charge on any atom is -0.264 e. The van der Waals surface area contributed by atoms with E-state index in [-0.39, 0.29) is 0 Å². The molecule has 0 atom stereocenters. The van der Waals surface area contributed by atoms with Gasteiger partial charge in [-0.1, -0.05) is 49.7 Å². The van der Waals surface area contributed by atoms with Crippen LogP contribution in [0.1, 0.15) is 19.4 Å². The molecule has 0 aliphatic rings. The highest BCUT2D eigenvalue weighted by Crippen LogP contribution is 2.18. The Bertz CT molecular complexity index is 393. The van der Waals surface area contributed by atoms with Crippen LogP contribution in [0.4, 0.5) is 0 Å². The number of hydrogen-bond acceptors (Lipinski definition) is 1. The second kappa shape index (κ2) is 5.97. The van der Waals surface area contributed by atoms with E-state index in [1.54, 1.807) is 6.20 Å². The van der Waals surface area contributed by atoms with Gasteiger partial charge in [0.15, 0.2) is 0 Å². The molecule has 0 unspecified atom stereocenters. The third-order valence-electron chi connectivity index (χ3n) is 2.01. The molecule has 1 aromatic heterocycles. The molecule has 0 N–H and O–H groups in total. The van der Waals surface area contributed by atoms with Crippen LogP contribution in [-0.4, -0.2) is 4.98 Å².